The second-order valence-corrected chi connectivity index (χ2v) is 4.88. The molecule has 2 aliphatic rings. The second kappa shape index (κ2) is 5.33. The summed E-state index contributed by atoms with van der Waals surface area (Å²) in [6, 6.07) is 0. The van der Waals surface area contributed by atoms with Crippen LogP contribution in [0.25, 0.3) is 0 Å². The van der Waals surface area contributed by atoms with Gasteiger partial charge < -0.3 is 19.7 Å². The molecule has 17 heavy (non-hydrogen) atoms. The molecular weight excluding hydrogens is 220 g/mol. The van der Waals surface area contributed by atoms with E-state index in [0.29, 0.717) is 19.7 Å². The van der Waals surface area contributed by atoms with Gasteiger partial charge >= 0.3 is 0 Å². The molecule has 5 nitrogen and oxygen atoms in total. The van der Waals surface area contributed by atoms with Gasteiger partial charge in [0.2, 0.25) is 0 Å². The van der Waals surface area contributed by atoms with Crippen LogP contribution in [-0.4, -0.2) is 62.4 Å². The number of hydrogen-bond donors (Lipinski definition) is 1. The molecule has 1 atom stereocenters. The highest BCUT2D eigenvalue weighted by atomic mass is 16.5. The minimum atomic E-state index is -0.609. The highest BCUT2D eigenvalue weighted by molar-refractivity contribution is 5.85. The van der Waals surface area contributed by atoms with Crippen molar-refractivity contribution >= 4 is 5.91 Å². The normalized spacial score (nSPS) is 29.1. The van der Waals surface area contributed by atoms with E-state index < -0.39 is 5.60 Å². The van der Waals surface area contributed by atoms with Gasteiger partial charge in [-0.05, 0) is 32.9 Å². The van der Waals surface area contributed by atoms with Gasteiger partial charge in [0.1, 0.15) is 5.60 Å². The molecule has 0 saturated carbocycles. The topological polar surface area (TPSA) is 50.8 Å². The summed E-state index contributed by atoms with van der Waals surface area (Å²) in [7, 11) is 1.65. The minimum Gasteiger partial charge on any atom is -0.375 e. The fourth-order valence-corrected chi connectivity index (χ4v) is 2.63. The largest absolute Gasteiger partial charge is 0.375 e. The van der Waals surface area contributed by atoms with E-state index in [4.69, 9.17) is 9.47 Å². The molecule has 98 valence electrons. The Kier molecular flexibility index (Phi) is 4.01. The summed E-state index contributed by atoms with van der Waals surface area (Å²) in [5.74, 6) is 0.136. The molecule has 0 aliphatic carbocycles. The zero-order valence-electron chi connectivity index (χ0n) is 10.7. The molecule has 0 unspecified atom stereocenters. The molecule has 5 heteroatoms. The third-order valence-corrected chi connectivity index (χ3v) is 3.72. The number of nitrogens with zero attached hydrogens (tertiary/aromatic N) is 1. The Morgan fingerprint density at radius 1 is 1.47 bits per heavy atom. The SMILES string of the molecule is COC1(C(=O)N2CCO[C@@H](C)C2)CCNCC1. The third-order valence-electron chi connectivity index (χ3n) is 3.72. The average Bonchev–Trinajstić information content (AvgIpc) is 2.38. The molecule has 1 N–H and O–H groups in total. The molecule has 0 aromatic carbocycles. The molecule has 0 bridgehead atoms. The number of methoxy groups -OCH3 is 1. The van der Waals surface area contributed by atoms with E-state index >= 15 is 0 Å². The fraction of sp³-hybridized carbons (Fsp3) is 0.917. The van der Waals surface area contributed by atoms with Crippen LogP contribution in [0.1, 0.15) is 19.8 Å². The van der Waals surface area contributed by atoms with Gasteiger partial charge in [-0.3, -0.25) is 4.79 Å². The van der Waals surface area contributed by atoms with Crippen molar-refractivity contribution in [3.05, 3.63) is 0 Å². The first kappa shape index (κ1) is 12.8. The van der Waals surface area contributed by atoms with Crippen molar-refractivity contribution in [2.24, 2.45) is 0 Å². The minimum absolute atomic E-state index is 0.128. The van der Waals surface area contributed by atoms with Crippen molar-refractivity contribution in [2.45, 2.75) is 31.5 Å². The van der Waals surface area contributed by atoms with Gasteiger partial charge in [0.05, 0.1) is 12.7 Å². The van der Waals surface area contributed by atoms with E-state index in [-0.39, 0.29) is 12.0 Å². The van der Waals surface area contributed by atoms with Crippen LogP contribution in [0.5, 0.6) is 0 Å². The van der Waals surface area contributed by atoms with Gasteiger partial charge in [0, 0.05) is 20.2 Å². The van der Waals surface area contributed by atoms with E-state index in [2.05, 4.69) is 5.32 Å². The Labute approximate surface area is 102 Å². The first-order valence-electron chi connectivity index (χ1n) is 6.35. The van der Waals surface area contributed by atoms with Gasteiger partial charge in [0.25, 0.3) is 5.91 Å². The molecule has 1 amide bonds. The van der Waals surface area contributed by atoms with E-state index in [1.54, 1.807) is 7.11 Å². The summed E-state index contributed by atoms with van der Waals surface area (Å²) in [6.45, 7) is 5.68. The van der Waals surface area contributed by atoms with Crippen LogP contribution in [0.4, 0.5) is 0 Å². The van der Waals surface area contributed by atoms with E-state index in [9.17, 15) is 4.79 Å². The van der Waals surface area contributed by atoms with Crippen LogP contribution >= 0.6 is 0 Å². The predicted octanol–water partition coefficient (Wildman–Crippen LogP) is 0.00230. The molecule has 0 aromatic heterocycles. The number of morpholine rings is 1. The van der Waals surface area contributed by atoms with Crippen molar-refractivity contribution in [1.82, 2.24) is 10.2 Å². The monoisotopic (exact) mass is 242 g/mol. The van der Waals surface area contributed by atoms with Gasteiger partial charge in [0.15, 0.2) is 0 Å². The highest BCUT2D eigenvalue weighted by Gasteiger charge is 2.43. The van der Waals surface area contributed by atoms with Crippen molar-refractivity contribution in [2.75, 3.05) is 39.9 Å². The second-order valence-electron chi connectivity index (χ2n) is 4.88. The third kappa shape index (κ3) is 2.61. The number of carbonyl (C=O) groups excluding carboxylic acids is 1. The molecule has 2 rings (SSSR count). The van der Waals surface area contributed by atoms with Crippen LogP contribution in [0.2, 0.25) is 0 Å². The first-order chi connectivity index (χ1) is 8.18. The lowest BCUT2D eigenvalue weighted by molar-refractivity contribution is -0.164. The summed E-state index contributed by atoms with van der Waals surface area (Å²) in [5.41, 5.74) is -0.609. The zero-order chi connectivity index (χ0) is 12.3. The van der Waals surface area contributed by atoms with Crippen LogP contribution in [-0.2, 0) is 14.3 Å². The summed E-state index contributed by atoms with van der Waals surface area (Å²) < 4.78 is 11.0. The van der Waals surface area contributed by atoms with Crippen molar-refractivity contribution in [3.8, 4) is 0 Å². The van der Waals surface area contributed by atoms with Gasteiger partial charge in [-0.25, -0.2) is 0 Å². The van der Waals surface area contributed by atoms with Gasteiger partial charge in [-0.15, -0.1) is 0 Å². The number of amides is 1. The fourth-order valence-electron chi connectivity index (χ4n) is 2.63. The van der Waals surface area contributed by atoms with E-state index in [1.807, 2.05) is 11.8 Å². The average molecular weight is 242 g/mol. The maximum Gasteiger partial charge on any atom is 0.255 e. The molecule has 2 saturated heterocycles. The molecule has 2 fully saturated rings. The Balaban J connectivity index is 2.05. The Morgan fingerprint density at radius 3 is 2.76 bits per heavy atom. The highest BCUT2D eigenvalue weighted by Crippen LogP contribution is 2.26. The van der Waals surface area contributed by atoms with Crippen molar-refractivity contribution < 1.29 is 14.3 Å². The Hall–Kier alpha value is -0.650. The molecule has 2 aliphatic heterocycles. The number of rotatable bonds is 2. The van der Waals surface area contributed by atoms with Crippen LogP contribution in [0, 0.1) is 0 Å². The van der Waals surface area contributed by atoms with E-state index in [0.717, 1.165) is 25.9 Å². The quantitative estimate of drug-likeness (QED) is 0.740. The van der Waals surface area contributed by atoms with E-state index in [1.165, 1.54) is 0 Å². The summed E-state index contributed by atoms with van der Waals surface area (Å²) in [5, 5.41) is 3.26. The Morgan fingerprint density at radius 2 is 2.18 bits per heavy atom. The number of hydrogen-bond acceptors (Lipinski definition) is 4. The number of ether oxygens (including phenoxy) is 2. The van der Waals surface area contributed by atoms with Gasteiger partial charge in [-0.2, -0.15) is 0 Å². The molecular formula is C12H22N2O3. The summed E-state index contributed by atoms with van der Waals surface area (Å²) in [4.78, 5) is 14.5. The Bertz CT molecular complexity index is 277. The van der Waals surface area contributed by atoms with Crippen molar-refractivity contribution in [1.29, 1.82) is 0 Å². The predicted molar refractivity (Wildman–Crippen MR) is 63.8 cm³/mol. The lowest BCUT2D eigenvalue weighted by Gasteiger charge is -2.41. The molecule has 0 aromatic rings. The number of piperidine rings is 1. The van der Waals surface area contributed by atoms with Crippen LogP contribution < -0.4 is 5.32 Å². The molecule has 0 spiro atoms. The van der Waals surface area contributed by atoms with Crippen LogP contribution in [0.15, 0.2) is 0 Å². The number of carbonyl (C=O) groups is 1. The maximum atomic E-state index is 12.6. The first-order valence-corrected chi connectivity index (χ1v) is 6.35. The molecule has 0 radical (unpaired) electrons. The summed E-state index contributed by atoms with van der Waals surface area (Å²) in [6.07, 6.45) is 1.64. The summed E-state index contributed by atoms with van der Waals surface area (Å²) >= 11 is 0. The van der Waals surface area contributed by atoms with Gasteiger partial charge in [-0.1, -0.05) is 0 Å². The smallest absolute Gasteiger partial charge is 0.255 e. The lowest BCUT2D eigenvalue weighted by atomic mass is 9.90. The van der Waals surface area contributed by atoms with Crippen LogP contribution in [0.3, 0.4) is 0 Å². The molecule has 2 heterocycles. The maximum absolute atomic E-state index is 12.6. The zero-order valence-corrected chi connectivity index (χ0v) is 10.7. The number of nitrogens with one attached hydrogen (secondary N) is 1. The van der Waals surface area contributed by atoms with Crippen molar-refractivity contribution in [3.63, 3.8) is 0 Å². The lowest BCUT2D eigenvalue weighted by Crippen LogP contribution is -2.58. The standard InChI is InChI=1S/C12H22N2O3/c1-10-9-14(7-8-17-10)11(15)12(16-2)3-5-13-6-4-12/h10,13H,3-9H2,1-2H3/t10-/m0/s1.